The lowest BCUT2D eigenvalue weighted by Gasteiger charge is -2.47. The van der Waals surface area contributed by atoms with Gasteiger partial charge in [0.1, 0.15) is 11.4 Å². The number of nitrogens with one attached hydrogen (secondary N) is 1. The molecular weight excluding hydrogens is 318 g/mol. The number of aryl methyl sites for hydroxylation is 1. The molecular formula is C19H29N3O3. The summed E-state index contributed by atoms with van der Waals surface area (Å²) in [5, 5.41) is 10.8. The van der Waals surface area contributed by atoms with Crippen LogP contribution in [0.2, 0.25) is 0 Å². The number of amides is 1. The zero-order valence-corrected chi connectivity index (χ0v) is 15.7. The van der Waals surface area contributed by atoms with Gasteiger partial charge in [0.2, 0.25) is 0 Å². The van der Waals surface area contributed by atoms with E-state index in [0.717, 1.165) is 25.7 Å². The van der Waals surface area contributed by atoms with Crippen LogP contribution in [0.5, 0.6) is 0 Å². The van der Waals surface area contributed by atoms with E-state index in [2.05, 4.69) is 9.97 Å². The smallest absolute Gasteiger partial charge is 0.264 e. The van der Waals surface area contributed by atoms with E-state index in [9.17, 15) is 14.7 Å². The first kappa shape index (κ1) is 18.1. The summed E-state index contributed by atoms with van der Waals surface area (Å²) in [6, 6.07) is 0. The Bertz CT molecular complexity index is 734. The van der Waals surface area contributed by atoms with Gasteiger partial charge in [-0.25, -0.2) is 4.98 Å². The number of likely N-dealkylation sites (tertiary alicyclic amines) is 1. The molecule has 1 aliphatic heterocycles. The van der Waals surface area contributed by atoms with Crippen LogP contribution in [0, 0.1) is 12.8 Å². The fraction of sp³-hybridized carbons (Fsp3) is 0.737. The van der Waals surface area contributed by atoms with E-state index < -0.39 is 5.60 Å². The van der Waals surface area contributed by atoms with Gasteiger partial charge in [-0.2, -0.15) is 0 Å². The standard InChI is InChI=1S/C19H29N3O3/c1-12-14(15(23)21-17(20-12)18(2,3)4)16(24)22-10-9-19(25)8-6-5-7-13(19)11-22/h13,25H,5-11H2,1-4H3,(H,20,21,23)/t13-,19+/m0/s1. The van der Waals surface area contributed by atoms with Crippen LogP contribution in [-0.2, 0) is 5.41 Å². The molecule has 0 aromatic carbocycles. The Morgan fingerprint density at radius 1 is 1.32 bits per heavy atom. The number of carbonyl (C=O) groups excluding carboxylic acids is 1. The van der Waals surface area contributed by atoms with Gasteiger partial charge in [-0.15, -0.1) is 0 Å². The Morgan fingerprint density at radius 2 is 2.04 bits per heavy atom. The van der Waals surface area contributed by atoms with Crippen molar-refractivity contribution in [2.75, 3.05) is 13.1 Å². The predicted octanol–water partition coefficient (Wildman–Crippen LogP) is 2.14. The Labute approximate surface area is 148 Å². The van der Waals surface area contributed by atoms with Crippen LogP contribution < -0.4 is 5.56 Å². The average molecular weight is 347 g/mol. The maximum absolute atomic E-state index is 13.0. The van der Waals surface area contributed by atoms with Gasteiger partial charge in [-0.1, -0.05) is 33.6 Å². The van der Waals surface area contributed by atoms with E-state index in [1.54, 1.807) is 11.8 Å². The van der Waals surface area contributed by atoms with Crippen LogP contribution in [0.4, 0.5) is 0 Å². The van der Waals surface area contributed by atoms with Gasteiger partial charge in [0, 0.05) is 24.4 Å². The van der Waals surface area contributed by atoms with Gasteiger partial charge in [0.15, 0.2) is 0 Å². The fourth-order valence-electron chi connectivity index (χ4n) is 4.11. The molecule has 6 nitrogen and oxygen atoms in total. The second-order valence-electron chi connectivity index (χ2n) is 8.67. The minimum Gasteiger partial charge on any atom is -0.389 e. The number of piperidine rings is 1. The van der Waals surface area contributed by atoms with E-state index in [0.29, 0.717) is 31.0 Å². The van der Waals surface area contributed by atoms with Crippen molar-refractivity contribution in [2.45, 2.75) is 70.8 Å². The number of aromatic nitrogens is 2. The third-order valence-electron chi connectivity index (χ3n) is 5.74. The van der Waals surface area contributed by atoms with Crippen LogP contribution >= 0.6 is 0 Å². The number of H-pyrrole nitrogens is 1. The molecule has 1 aliphatic carbocycles. The van der Waals surface area contributed by atoms with Crippen LogP contribution in [0.25, 0.3) is 0 Å². The lowest BCUT2D eigenvalue weighted by atomic mass is 9.71. The number of aromatic amines is 1. The first-order valence-electron chi connectivity index (χ1n) is 9.25. The van der Waals surface area contributed by atoms with Gasteiger partial charge in [-0.3, -0.25) is 9.59 Å². The molecule has 0 radical (unpaired) electrons. The summed E-state index contributed by atoms with van der Waals surface area (Å²) in [5.41, 5.74) is -0.677. The molecule has 2 atom stereocenters. The first-order valence-corrected chi connectivity index (χ1v) is 9.25. The lowest BCUT2D eigenvalue weighted by Crippen LogP contribution is -2.55. The number of aliphatic hydroxyl groups is 1. The molecule has 25 heavy (non-hydrogen) atoms. The first-order chi connectivity index (χ1) is 11.6. The van der Waals surface area contributed by atoms with E-state index in [-0.39, 0.29) is 28.4 Å². The van der Waals surface area contributed by atoms with Gasteiger partial charge in [-0.05, 0) is 26.2 Å². The minimum atomic E-state index is -0.634. The van der Waals surface area contributed by atoms with Gasteiger partial charge < -0.3 is 15.0 Å². The molecule has 1 aromatic heterocycles. The second-order valence-corrected chi connectivity index (χ2v) is 8.67. The van der Waals surface area contributed by atoms with Crippen LogP contribution in [0.1, 0.15) is 74.8 Å². The number of nitrogens with zero attached hydrogens (tertiary/aromatic N) is 2. The zero-order valence-electron chi connectivity index (χ0n) is 15.7. The van der Waals surface area contributed by atoms with Gasteiger partial charge in [0.05, 0.1) is 11.3 Å². The minimum absolute atomic E-state index is 0.111. The molecule has 0 bridgehead atoms. The van der Waals surface area contributed by atoms with Crippen LogP contribution in [0.15, 0.2) is 4.79 Å². The molecule has 1 saturated carbocycles. The molecule has 1 saturated heterocycles. The quantitative estimate of drug-likeness (QED) is 0.815. The van der Waals surface area contributed by atoms with Crippen molar-refractivity contribution in [2.24, 2.45) is 5.92 Å². The summed E-state index contributed by atoms with van der Waals surface area (Å²) in [7, 11) is 0. The van der Waals surface area contributed by atoms with Crippen molar-refractivity contribution < 1.29 is 9.90 Å². The SMILES string of the molecule is Cc1nc(C(C)(C)C)[nH]c(=O)c1C(=O)N1CC[C@]2(O)CCCC[C@H]2C1. The third-order valence-corrected chi connectivity index (χ3v) is 5.74. The maximum atomic E-state index is 13.0. The number of fused-ring (bicyclic) bond motifs is 1. The number of carbonyl (C=O) groups is 1. The average Bonchev–Trinajstić information content (AvgIpc) is 2.52. The second kappa shape index (κ2) is 6.24. The van der Waals surface area contributed by atoms with Crippen molar-refractivity contribution in [3.05, 3.63) is 27.4 Å². The fourth-order valence-corrected chi connectivity index (χ4v) is 4.11. The van der Waals surface area contributed by atoms with Crippen molar-refractivity contribution in [1.29, 1.82) is 0 Å². The highest BCUT2D eigenvalue weighted by molar-refractivity contribution is 5.95. The summed E-state index contributed by atoms with van der Waals surface area (Å²) >= 11 is 0. The molecule has 1 amide bonds. The number of rotatable bonds is 1. The molecule has 1 aromatic rings. The molecule has 6 heteroatoms. The third kappa shape index (κ3) is 3.36. The molecule has 0 spiro atoms. The summed E-state index contributed by atoms with van der Waals surface area (Å²) < 4.78 is 0. The van der Waals surface area contributed by atoms with E-state index in [1.807, 2.05) is 20.8 Å². The highest BCUT2D eigenvalue weighted by atomic mass is 16.3. The lowest BCUT2D eigenvalue weighted by molar-refractivity contribution is -0.0886. The molecule has 2 fully saturated rings. The van der Waals surface area contributed by atoms with Crippen molar-refractivity contribution >= 4 is 5.91 Å². The normalized spacial score (nSPS) is 27.1. The molecule has 138 valence electrons. The molecule has 0 unspecified atom stereocenters. The van der Waals surface area contributed by atoms with Crippen molar-refractivity contribution in [3.8, 4) is 0 Å². The number of hydrogen-bond acceptors (Lipinski definition) is 4. The van der Waals surface area contributed by atoms with Gasteiger partial charge >= 0.3 is 0 Å². The van der Waals surface area contributed by atoms with Crippen LogP contribution in [0.3, 0.4) is 0 Å². The van der Waals surface area contributed by atoms with E-state index >= 15 is 0 Å². The molecule has 2 N–H and O–H groups in total. The topological polar surface area (TPSA) is 86.3 Å². The van der Waals surface area contributed by atoms with Crippen molar-refractivity contribution in [1.82, 2.24) is 14.9 Å². The zero-order chi connectivity index (χ0) is 18.4. The largest absolute Gasteiger partial charge is 0.389 e. The molecule has 2 aliphatic rings. The highest BCUT2D eigenvalue weighted by Crippen LogP contribution is 2.40. The summed E-state index contributed by atoms with van der Waals surface area (Å²) in [4.78, 5) is 34.5. The summed E-state index contributed by atoms with van der Waals surface area (Å²) in [6.07, 6.45) is 4.50. The molecule has 3 rings (SSSR count). The van der Waals surface area contributed by atoms with Crippen LogP contribution in [-0.4, -0.2) is 44.6 Å². The Kier molecular flexibility index (Phi) is 4.52. The highest BCUT2D eigenvalue weighted by Gasteiger charge is 2.44. The Morgan fingerprint density at radius 3 is 2.68 bits per heavy atom. The predicted molar refractivity (Wildman–Crippen MR) is 95.7 cm³/mol. The number of hydrogen-bond donors (Lipinski definition) is 2. The van der Waals surface area contributed by atoms with E-state index in [4.69, 9.17) is 0 Å². The Hall–Kier alpha value is -1.69. The Balaban J connectivity index is 1.86. The van der Waals surface area contributed by atoms with Gasteiger partial charge in [0.25, 0.3) is 11.5 Å². The summed E-state index contributed by atoms with van der Waals surface area (Å²) in [6.45, 7) is 8.65. The van der Waals surface area contributed by atoms with Crippen molar-refractivity contribution in [3.63, 3.8) is 0 Å². The summed E-state index contributed by atoms with van der Waals surface area (Å²) in [5.74, 6) is 0.436. The monoisotopic (exact) mass is 347 g/mol. The van der Waals surface area contributed by atoms with E-state index in [1.165, 1.54) is 0 Å². The molecule has 2 heterocycles. The maximum Gasteiger partial charge on any atom is 0.264 e.